The number of aryl methyl sites for hydroxylation is 1. The van der Waals surface area contributed by atoms with Gasteiger partial charge < -0.3 is 19.3 Å². The largest absolute Gasteiger partial charge is 0.488 e. The lowest BCUT2D eigenvalue weighted by Gasteiger charge is -2.40. The Kier molecular flexibility index (Phi) is 6.37. The van der Waals surface area contributed by atoms with Crippen LogP contribution in [0.5, 0.6) is 5.75 Å². The molecule has 6 heteroatoms. The summed E-state index contributed by atoms with van der Waals surface area (Å²) in [6, 6.07) is 12.4. The lowest BCUT2D eigenvalue weighted by atomic mass is 10.0. The van der Waals surface area contributed by atoms with E-state index in [0.717, 1.165) is 59.6 Å². The van der Waals surface area contributed by atoms with Gasteiger partial charge in [0, 0.05) is 34.7 Å². The van der Waals surface area contributed by atoms with Crippen molar-refractivity contribution in [3.63, 3.8) is 0 Å². The number of halogens is 1. The second kappa shape index (κ2) is 9.03. The van der Waals surface area contributed by atoms with Crippen molar-refractivity contribution in [1.82, 2.24) is 0 Å². The highest BCUT2D eigenvalue weighted by molar-refractivity contribution is 6.31. The predicted molar refractivity (Wildman–Crippen MR) is 124 cm³/mol. The van der Waals surface area contributed by atoms with E-state index in [1.165, 1.54) is 5.56 Å². The van der Waals surface area contributed by atoms with Crippen LogP contribution in [0.4, 0.5) is 5.69 Å². The minimum atomic E-state index is -0.158. The number of benzene rings is 2. The number of amides is 1. The van der Waals surface area contributed by atoms with Crippen molar-refractivity contribution in [3.05, 3.63) is 63.7 Å². The number of carbonyl (C=O) groups excluding carboxylic acids is 1. The molecule has 2 heterocycles. The Morgan fingerprint density at radius 3 is 2.58 bits per heavy atom. The van der Waals surface area contributed by atoms with E-state index < -0.39 is 0 Å². The molecule has 1 amide bonds. The molecule has 2 aliphatic heterocycles. The second-order valence-electron chi connectivity index (χ2n) is 9.03. The minimum absolute atomic E-state index is 0.158. The van der Waals surface area contributed by atoms with Gasteiger partial charge in [0.1, 0.15) is 18.9 Å². The quantitative estimate of drug-likeness (QED) is 0.677. The fraction of sp³-hybridized carbons (Fsp3) is 0.400. The SMILES string of the molecule is Cc1cc(Cl)cc2c1OCC(C(=O)Nc1ccc(C[N+](C)(C)C3CCOCC3)cc1)=C2. The van der Waals surface area contributed by atoms with E-state index in [1.54, 1.807) is 0 Å². The molecule has 1 saturated heterocycles. The zero-order valence-electron chi connectivity index (χ0n) is 18.4. The summed E-state index contributed by atoms with van der Waals surface area (Å²) in [6.45, 7) is 4.86. The average molecular weight is 442 g/mol. The van der Waals surface area contributed by atoms with Crippen molar-refractivity contribution >= 4 is 29.3 Å². The summed E-state index contributed by atoms with van der Waals surface area (Å²) in [5.41, 5.74) is 4.42. The van der Waals surface area contributed by atoms with Crippen LogP contribution in [0.15, 0.2) is 42.0 Å². The monoisotopic (exact) mass is 441 g/mol. The molecule has 31 heavy (non-hydrogen) atoms. The third kappa shape index (κ3) is 5.12. The first kappa shape index (κ1) is 21.9. The van der Waals surface area contributed by atoms with Gasteiger partial charge in [-0.1, -0.05) is 23.7 Å². The van der Waals surface area contributed by atoms with E-state index in [2.05, 4.69) is 31.5 Å². The van der Waals surface area contributed by atoms with E-state index in [0.29, 0.717) is 16.6 Å². The van der Waals surface area contributed by atoms with Gasteiger partial charge in [-0.15, -0.1) is 0 Å². The van der Waals surface area contributed by atoms with Gasteiger partial charge >= 0.3 is 0 Å². The first-order valence-electron chi connectivity index (χ1n) is 10.8. The minimum Gasteiger partial charge on any atom is -0.488 e. The molecule has 1 N–H and O–H groups in total. The Morgan fingerprint density at radius 2 is 1.87 bits per heavy atom. The number of ether oxygens (including phenoxy) is 2. The molecule has 2 aliphatic rings. The Hall–Kier alpha value is -2.34. The molecule has 0 saturated carbocycles. The lowest BCUT2D eigenvalue weighted by Crippen LogP contribution is -2.50. The fourth-order valence-electron chi connectivity index (χ4n) is 4.46. The highest BCUT2D eigenvalue weighted by Crippen LogP contribution is 2.33. The van der Waals surface area contributed by atoms with E-state index >= 15 is 0 Å². The molecule has 1 fully saturated rings. The Bertz CT molecular complexity index is 993. The van der Waals surface area contributed by atoms with Gasteiger partial charge in [0.2, 0.25) is 0 Å². The molecule has 5 nitrogen and oxygen atoms in total. The van der Waals surface area contributed by atoms with Crippen molar-refractivity contribution in [2.45, 2.75) is 32.4 Å². The van der Waals surface area contributed by atoms with Crippen LogP contribution >= 0.6 is 11.6 Å². The van der Waals surface area contributed by atoms with Crippen LogP contribution in [0, 0.1) is 6.92 Å². The lowest BCUT2D eigenvalue weighted by molar-refractivity contribution is -0.929. The molecule has 0 radical (unpaired) electrons. The summed E-state index contributed by atoms with van der Waals surface area (Å²) in [5.74, 6) is 0.630. The third-order valence-corrected chi connectivity index (χ3v) is 6.46. The maximum Gasteiger partial charge on any atom is 0.255 e. The molecule has 0 bridgehead atoms. The fourth-order valence-corrected chi connectivity index (χ4v) is 4.74. The number of rotatable bonds is 5. The summed E-state index contributed by atoms with van der Waals surface area (Å²) in [5, 5.41) is 3.62. The van der Waals surface area contributed by atoms with E-state index in [4.69, 9.17) is 21.1 Å². The second-order valence-corrected chi connectivity index (χ2v) is 9.47. The molecule has 4 rings (SSSR count). The maximum atomic E-state index is 12.8. The van der Waals surface area contributed by atoms with Crippen LogP contribution in [-0.2, 0) is 16.1 Å². The van der Waals surface area contributed by atoms with Crippen LogP contribution < -0.4 is 10.1 Å². The van der Waals surface area contributed by atoms with Gasteiger partial charge in [-0.2, -0.15) is 0 Å². The predicted octanol–water partition coefficient (Wildman–Crippen LogP) is 4.82. The summed E-state index contributed by atoms with van der Waals surface area (Å²) in [4.78, 5) is 12.8. The molecule has 164 valence electrons. The van der Waals surface area contributed by atoms with Crippen molar-refractivity contribution in [3.8, 4) is 5.75 Å². The van der Waals surface area contributed by atoms with Gasteiger partial charge in [0.15, 0.2) is 0 Å². The van der Waals surface area contributed by atoms with Gasteiger partial charge in [0.05, 0.1) is 38.9 Å². The van der Waals surface area contributed by atoms with Crippen molar-refractivity contribution in [2.75, 3.05) is 39.2 Å². The van der Waals surface area contributed by atoms with Crippen LogP contribution in [0.2, 0.25) is 5.02 Å². The van der Waals surface area contributed by atoms with E-state index in [9.17, 15) is 4.79 Å². The van der Waals surface area contributed by atoms with E-state index in [1.807, 2.05) is 37.3 Å². The molecule has 0 spiro atoms. The highest BCUT2D eigenvalue weighted by atomic mass is 35.5. The molecule has 0 aliphatic carbocycles. The number of nitrogens with one attached hydrogen (secondary N) is 1. The Balaban J connectivity index is 1.41. The van der Waals surface area contributed by atoms with Crippen LogP contribution in [0.3, 0.4) is 0 Å². The van der Waals surface area contributed by atoms with Crippen LogP contribution in [0.25, 0.3) is 6.08 Å². The van der Waals surface area contributed by atoms with Crippen LogP contribution in [-0.4, -0.2) is 50.3 Å². The van der Waals surface area contributed by atoms with Crippen molar-refractivity contribution in [2.24, 2.45) is 0 Å². The summed E-state index contributed by atoms with van der Waals surface area (Å²) >= 11 is 6.16. The van der Waals surface area contributed by atoms with Crippen molar-refractivity contribution < 1.29 is 18.8 Å². The standard InChI is InChI=1S/C25H29ClN2O3/c1-17-12-21(26)14-19-13-20(16-31-24(17)19)25(29)27-22-6-4-18(5-7-22)15-28(2,3)23-8-10-30-11-9-23/h4-7,12-14,23H,8-11,15-16H2,1-3H3/p+1. The Labute approximate surface area is 189 Å². The number of carbonyl (C=O) groups is 1. The molecule has 0 aromatic heterocycles. The van der Waals surface area contributed by atoms with Gasteiger partial charge in [-0.3, -0.25) is 4.79 Å². The van der Waals surface area contributed by atoms with Gasteiger partial charge in [-0.25, -0.2) is 0 Å². The summed E-state index contributed by atoms with van der Waals surface area (Å²) < 4.78 is 12.3. The number of hydrogen-bond acceptors (Lipinski definition) is 3. The van der Waals surface area contributed by atoms with Gasteiger partial charge in [0.25, 0.3) is 5.91 Å². The summed E-state index contributed by atoms with van der Waals surface area (Å²) in [6.07, 6.45) is 4.06. The molecule has 2 aromatic rings. The smallest absolute Gasteiger partial charge is 0.255 e. The van der Waals surface area contributed by atoms with Gasteiger partial charge in [-0.05, 0) is 42.8 Å². The number of fused-ring (bicyclic) bond motifs is 1. The zero-order chi connectivity index (χ0) is 22.0. The topological polar surface area (TPSA) is 47.6 Å². The number of nitrogens with zero attached hydrogens (tertiary/aromatic N) is 1. The number of hydrogen-bond donors (Lipinski definition) is 1. The van der Waals surface area contributed by atoms with Crippen molar-refractivity contribution in [1.29, 1.82) is 0 Å². The third-order valence-electron chi connectivity index (χ3n) is 6.24. The molecule has 0 unspecified atom stereocenters. The number of quaternary nitrogens is 1. The zero-order valence-corrected chi connectivity index (χ0v) is 19.2. The first-order valence-corrected chi connectivity index (χ1v) is 11.1. The summed E-state index contributed by atoms with van der Waals surface area (Å²) in [7, 11) is 4.57. The average Bonchev–Trinajstić information content (AvgIpc) is 2.75. The maximum absolute atomic E-state index is 12.8. The van der Waals surface area contributed by atoms with Crippen LogP contribution in [0.1, 0.15) is 29.5 Å². The number of anilines is 1. The molecular weight excluding hydrogens is 412 g/mol. The van der Waals surface area contributed by atoms with E-state index in [-0.39, 0.29) is 12.5 Å². The Morgan fingerprint density at radius 1 is 1.16 bits per heavy atom. The normalized spacial score (nSPS) is 16.8. The highest BCUT2D eigenvalue weighted by Gasteiger charge is 2.30. The molecule has 0 atom stereocenters. The first-order chi connectivity index (χ1) is 14.8. The molecule has 2 aromatic carbocycles. The molecular formula is C25H30ClN2O3+.